The number of benzene rings is 8. The molecule has 0 radical (unpaired) electrons. The van der Waals surface area contributed by atoms with Crippen molar-refractivity contribution in [3.8, 4) is 56.4 Å². The first-order valence-corrected chi connectivity index (χ1v) is 18.4. The van der Waals surface area contributed by atoms with Crippen molar-refractivity contribution >= 4 is 64.2 Å². The Bertz CT molecular complexity index is 3500. The van der Waals surface area contributed by atoms with Crippen molar-refractivity contribution in [3.63, 3.8) is 0 Å². The number of hydrogen-bond donors (Lipinski definition) is 0. The molecule has 0 aliphatic rings. The molecule has 0 atom stereocenters. The number of hydrogen-bond acceptors (Lipinski definition) is 5. The lowest BCUT2D eigenvalue weighted by molar-refractivity contribution is 0.669. The van der Waals surface area contributed by atoms with Crippen molar-refractivity contribution in [1.82, 2.24) is 15.0 Å². The van der Waals surface area contributed by atoms with E-state index in [1.54, 1.807) is 11.3 Å². The minimum atomic E-state index is -0.487. The minimum Gasteiger partial charge on any atom is -0.456 e. The van der Waals surface area contributed by atoms with Gasteiger partial charge in [-0.1, -0.05) is 145 Å². The molecule has 0 amide bonds. The molecule has 0 N–H and O–H groups in total. The van der Waals surface area contributed by atoms with Crippen LogP contribution in [0.5, 0.6) is 0 Å². The lowest BCUT2D eigenvalue weighted by atomic mass is 9.94. The van der Waals surface area contributed by atoms with Gasteiger partial charge in [-0.15, -0.1) is 11.3 Å². The molecule has 252 valence electrons. The standard InChI is InChI=1S/C49H29N3OS/c1-3-13-30(14-4-1)36-20-11-21-39-40-22-12-23-41(46(40)54-45(36)39)42-28-34(27-32-17-7-8-18-35(32)42)49-51-47(31-15-5-2-6-16-31)50-48(52-49)33-25-26-38-37-19-9-10-24-43(37)53-44(38)29-33/h1-29H/i2D,5D,6D,15D,16D. The lowest BCUT2D eigenvalue weighted by Crippen LogP contribution is -2.00. The average molecular weight is 713 g/mol. The first kappa shape index (κ1) is 25.9. The first-order chi connectivity index (χ1) is 28.8. The van der Waals surface area contributed by atoms with Crippen LogP contribution >= 0.6 is 11.3 Å². The monoisotopic (exact) mass is 712 g/mol. The highest BCUT2D eigenvalue weighted by Gasteiger charge is 2.19. The fourth-order valence-electron chi connectivity index (χ4n) is 7.51. The normalized spacial score (nSPS) is 13.0. The van der Waals surface area contributed by atoms with E-state index >= 15 is 0 Å². The summed E-state index contributed by atoms with van der Waals surface area (Å²) in [4.78, 5) is 14.8. The van der Waals surface area contributed by atoms with Crippen LogP contribution in [-0.2, 0) is 0 Å². The number of rotatable bonds is 5. The minimum absolute atomic E-state index is 0.0264. The molecule has 8 aromatic carbocycles. The number of nitrogens with zero attached hydrogens (tertiary/aromatic N) is 3. The number of furan rings is 1. The van der Waals surface area contributed by atoms with Crippen LogP contribution in [0, 0.1) is 0 Å². The Labute approximate surface area is 321 Å². The molecule has 0 unspecified atom stereocenters. The molecule has 0 bridgehead atoms. The van der Waals surface area contributed by atoms with Crippen LogP contribution in [0.2, 0.25) is 0 Å². The van der Waals surface area contributed by atoms with Gasteiger partial charge in [0.15, 0.2) is 17.5 Å². The third-order valence-electron chi connectivity index (χ3n) is 10.0. The van der Waals surface area contributed by atoms with E-state index in [9.17, 15) is 0 Å². The summed E-state index contributed by atoms with van der Waals surface area (Å²) in [6.45, 7) is 0. The van der Waals surface area contributed by atoms with Gasteiger partial charge in [0.2, 0.25) is 0 Å². The van der Waals surface area contributed by atoms with Gasteiger partial charge in [0.05, 0.1) is 6.85 Å². The van der Waals surface area contributed by atoms with Gasteiger partial charge in [-0.05, 0) is 57.8 Å². The summed E-state index contributed by atoms with van der Waals surface area (Å²) in [5.74, 6) is 0.541. The van der Waals surface area contributed by atoms with E-state index in [0.717, 1.165) is 43.0 Å². The van der Waals surface area contributed by atoms with Crippen LogP contribution in [0.25, 0.3) is 109 Å². The maximum atomic E-state index is 8.85. The Balaban J connectivity index is 1.16. The quantitative estimate of drug-likeness (QED) is 0.178. The summed E-state index contributed by atoms with van der Waals surface area (Å²) in [6, 6.07) is 47.1. The van der Waals surface area contributed by atoms with Gasteiger partial charge in [-0.25, -0.2) is 15.0 Å². The average Bonchev–Trinajstić information content (AvgIpc) is 3.86. The van der Waals surface area contributed by atoms with Crippen LogP contribution < -0.4 is 0 Å². The zero-order valence-corrected chi connectivity index (χ0v) is 29.3. The molecule has 0 saturated carbocycles. The predicted molar refractivity (Wildman–Crippen MR) is 225 cm³/mol. The molecule has 0 aliphatic carbocycles. The van der Waals surface area contributed by atoms with E-state index in [4.69, 9.17) is 26.2 Å². The van der Waals surface area contributed by atoms with E-state index in [1.165, 1.54) is 26.6 Å². The summed E-state index contributed by atoms with van der Waals surface area (Å²) in [5, 5.41) is 6.31. The summed E-state index contributed by atoms with van der Waals surface area (Å²) < 4.78 is 51.5. The SMILES string of the molecule is [2H]c1c([2H])c([2H])c(-c2nc(-c3cc(-c4cccc5c4sc4c(-c6ccccc6)cccc45)c4ccccc4c3)nc(-c3ccc4c(c3)oc3ccccc34)n2)c([2H])c1[2H]. The summed E-state index contributed by atoms with van der Waals surface area (Å²) >= 11 is 1.78. The second kappa shape index (κ2) is 12.3. The Morgan fingerprint density at radius 1 is 0.407 bits per heavy atom. The Hall–Kier alpha value is -6.95. The second-order valence-corrected chi connectivity index (χ2v) is 14.2. The van der Waals surface area contributed by atoms with E-state index in [2.05, 4.69) is 78.9 Å². The maximum absolute atomic E-state index is 8.85. The van der Waals surface area contributed by atoms with Crippen molar-refractivity contribution in [2.24, 2.45) is 0 Å². The van der Waals surface area contributed by atoms with E-state index in [-0.39, 0.29) is 17.2 Å². The molecule has 4 nitrogen and oxygen atoms in total. The first-order valence-electron chi connectivity index (χ1n) is 20.1. The summed E-state index contributed by atoms with van der Waals surface area (Å²) in [5.41, 5.74) is 7.02. The molecule has 5 heteroatoms. The Morgan fingerprint density at radius 2 is 1.04 bits per heavy atom. The molecule has 0 aliphatic heterocycles. The van der Waals surface area contributed by atoms with Crippen LogP contribution in [0.15, 0.2) is 180 Å². The smallest absolute Gasteiger partial charge is 0.164 e. The molecule has 0 spiro atoms. The molecule has 11 aromatic rings. The fraction of sp³-hybridized carbons (Fsp3) is 0. The predicted octanol–water partition coefficient (Wildman–Crippen LogP) is 13.6. The van der Waals surface area contributed by atoms with E-state index in [1.807, 2.05) is 66.7 Å². The number of aromatic nitrogens is 3. The van der Waals surface area contributed by atoms with Crippen LogP contribution in [0.3, 0.4) is 0 Å². The summed E-state index contributed by atoms with van der Waals surface area (Å²) in [7, 11) is 0. The van der Waals surface area contributed by atoms with Crippen molar-refractivity contribution in [1.29, 1.82) is 0 Å². The molecule has 0 saturated heterocycles. The van der Waals surface area contributed by atoms with Crippen molar-refractivity contribution in [3.05, 3.63) is 176 Å². The van der Waals surface area contributed by atoms with Gasteiger partial charge in [-0.2, -0.15) is 0 Å². The van der Waals surface area contributed by atoms with Crippen LogP contribution in [0.1, 0.15) is 6.85 Å². The zero-order valence-electron chi connectivity index (χ0n) is 33.5. The molecule has 54 heavy (non-hydrogen) atoms. The molecule has 0 fully saturated rings. The zero-order chi connectivity index (χ0) is 39.9. The number of fused-ring (bicyclic) bond motifs is 7. The Morgan fingerprint density at radius 3 is 1.85 bits per heavy atom. The Kier molecular flexibility index (Phi) is 5.92. The van der Waals surface area contributed by atoms with E-state index in [0.29, 0.717) is 22.5 Å². The highest BCUT2D eigenvalue weighted by molar-refractivity contribution is 7.26. The lowest BCUT2D eigenvalue weighted by Gasteiger charge is -2.13. The van der Waals surface area contributed by atoms with Gasteiger partial charge in [0.25, 0.3) is 0 Å². The van der Waals surface area contributed by atoms with Gasteiger partial charge >= 0.3 is 0 Å². The van der Waals surface area contributed by atoms with Gasteiger partial charge in [0.1, 0.15) is 11.2 Å². The third kappa shape index (κ3) is 5.01. The number of para-hydroxylation sites is 1. The van der Waals surface area contributed by atoms with Crippen molar-refractivity contribution in [2.45, 2.75) is 0 Å². The molecule has 3 aromatic heterocycles. The third-order valence-corrected chi connectivity index (χ3v) is 11.3. The van der Waals surface area contributed by atoms with E-state index < -0.39 is 30.2 Å². The number of thiophene rings is 1. The second-order valence-electron chi connectivity index (χ2n) is 13.2. The van der Waals surface area contributed by atoms with Crippen LogP contribution in [-0.4, -0.2) is 15.0 Å². The van der Waals surface area contributed by atoms with Crippen molar-refractivity contribution < 1.29 is 11.3 Å². The molecular weight excluding hydrogens is 679 g/mol. The molecule has 11 rings (SSSR count). The highest BCUT2D eigenvalue weighted by Crippen LogP contribution is 2.45. The summed E-state index contributed by atoms with van der Waals surface area (Å²) in [6.07, 6.45) is 0. The topological polar surface area (TPSA) is 51.8 Å². The molecule has 3 heterocycles. The fourth-order valence-corrected chi connectivity index (χ4v) is 8.88. The maximum Gasteiger partial charge on any atom is 0.164 e. The van der Waals surface area contributed by atoms with Gasteiger partial charge in [0, 0.05) is 53.2 Å². The largest absolute Gasteiger partial charge is 0.456 e. The highest BCUT2D eigenvalue weighted by atomic mass is 32.1. The van der Waals surface area contributed by atoms with Crippen LogP contribution in [0.4, 0.5) is 0 Å². The molecular formula is C49H29N3OS. The van der Waals surface area contributed by atoms with Gasteiger partial charge in [-0.3, -0.25) is 0 Å². The van der Waals surface area contributed by atoms with Gasteiger partial charge < -0.3 is 4.42 Å². The van der Waals surface area contributed by atoms with Crippen molar-refractivity contribution in [2.75, 3.05) is 0 Å².